The fraction of sp³-hybridized carbons (Fsp3) is 0.391. The highest BCUT2D eigenvalue weighted by atomic mass is 32.2. The van der Waals surface area contributed by atoms with E-state index in [1.807, 2.05) is 31.2 Å². The minimum absolute atomic E-state index is 0.128. The van der Waals surface area contributed by atoms with E-state index in [9.17, 15) is 14.0 Å². The summed E-state index contributed by atoms with van der Waals surface area (Å²) in [5.74, 6) is 1.07. The molecule has 0 heterocycles. The zero-order valence-electron chi connectivity index (χ0n) is 17.7. The van der Waals surface area contributed by atoms with Crippen molar-refractivity contribution in [3.8, 4) is 5.75 Å². The summed E-state index contributed by atoms with van der Waals surface area (Å²) in [5.41, 5.74) is 1.87. The average molecular weight is 433 g/mol. The van der Waals surface area contributed by atoms with E-state index in [-0.39, 0.29) is 29.9 Å². The van der Waals surface area contributed by atoms with Crippen molar-refractivity contribution in [2.24, 2.45) is 0 Å². The Balaban J connectivity index is 2.02. The summed E-state index contributed by atoms with van der Waals surface area (Å²) < 4.78 is 18.4. The van der Waals surface area contributed by atoms with E-state index >= 15 is 0 Å². The first-order valence-electron chi connectivity index (χ1n) is 9.97. The number of thioether (sulfide) groups is 1. The molecule has 0 fully saturated rings. The summed E-state index contributed by atoms with van der Waals surface area (Å²) >= 11 is 1.49. The van der Waals surface area contributed by atoms with Crippen molar-refractivity contribution >= 4 is 23.6 Å². The molecule has 1 N–H and O–H groups in total. The van der Waals surface area contributed by atoms with E-state index in [0.717, 1.165) is 23.3 Å². The first-order valence-corrected chi connectivity index (χ1v) is 11.1. The van der Waals surface area contributed by atoms with Crippen LogP contribution in [-0.4, -0.2) is 42.2 Å². The molecule has 2 aromatic rings. The summed E-state index contributed by atoms with van der Waals surface area (Å²) in [6.07, 6.45) is 0.822. The van der Waals surface area contributed by atoms with Gasteiger partial charge < -0.3 is 15.0 Å². The molecule has 0 aliphatic carbocycles. The average Bonchev–Trinajstić information content (AvgIpc) is 2.76. The van der Waals surface area contributed by atoms with Gasteiger partial charge in [-0.05, 0) is 48.7 Å². The van der Waals surface area contributed by atoms with Gasteiger partial charge in [-0.2, -0.15) is 0 Å². The van der Waals surface area contributed by atoms with Gasteiger partial charge >= 0.3 is 0 Å². The minimum Gasteiger partial charge on any atom is -0.497 e. The fourth-order valence-corrected chi connectivity index (χ4v) is 3.70. The Morgan fingerprint density at radius 1 is 1.10 bits per heavy atom. The quantitative estimate of drug-likeness (QED) is 0.583. The van der Waals surface area contributed by atoms with Crippen molar-refractivity contribution in [2.75, 3.05) is 19.4 Å². The molecule has 30 heavy (non-hydrogen) atoms. The monoisotopic (exact) mass is 432 g/mol. The van der Waals surface area contributed by atoms with Crippen LogP contribution >= 0.6 is 11.8 Å². The molecule has 2 rings (SSSR count). The number of nitrogens with one attached hydrogen (secondary N) is 1. The van der Waals surface area contributed by atoms with Gasteiger partial charge in [0.05, 0.1) is 12.9 Å². The smallest absolute Gasteiger partial charge is 0.242 e. The van der Waals surface area contributed by atoms with Crippen molar-refractivity contribution in [1.29, 1.82) is 0 Å². The van der Waals surface area contributed by atoms with E-state index in [4.69, 9.17) is 4.74 Å². The molecule has 0 radical (unpaired) electrons. The highest BCUT2D eigenvalue weighted by molar-refractivity contribution is 7.99. The molecular weight excluding hydrogens is 403 g/mol. The molecule has 1 unspecified atom stereocenters. The molecule has 0 spiro atoms. The van der Waals surface area contributed by atoms with Crippen LogP contribution in [0.1, 0.15) is 31.4 Å². The first-order chi connectivity index (χ1) is 14.4. The van der Waals surface area contributed by atoms with Crippen LogP contribution in [-0.2, 0) is 21.9 Å². The van der Waals surface area contributed by atoms with Gasteiger partial charge in [-0.15, -0.1) is 11.8 Å². The van der Waals surface area contributed by atoms with Crippen LogP contribution < -0.4 is 10.1 Å². The molecule has 2 aromatic carbocycles. The number of hydrogen-bond acceptors (Lipinski definition) is 4. The molecule has 5 nitrogen and oxygen atoms in total. The van der Waals surface area contributed by atoms with Crippen LogP contribution in [0.5, 0.6) is 5.75 Å². The Morgan fingerprint density at radius 2 is 1.73 bits per heavy atom. The summed E-state index contributed by atoms with van der Waals surface area (Å²) in [6, 6.07) is 13.1. The van der Waals surface area contributed by atoms with Crippen molar-refractivity contribution in [1.82, 2.24) is 10.2 Å². The Morgan fingerprint density at radius 3 is 2.33 bits per heavy atom. The molecule has 0 aromatic heterocycles. The Hall–Kier alpha value is -2.54. The maximum absolute atomic E-state index is 13.2. The number of hydrogen-bond donors (Lipinski definition) is 1. The standard InChI is InChI=1S/C23H29FN2O3S/c1-4-13-25-23(28)17(2)26(14-18-5-9-20(24)10-6-18)22(27)16-30-15-19-7-11-21(29-3)12-8-19/h5-12,17H,4,13-16H2,1-3H3,(H,25,28). The second-order valence-corrected chi connectivity index (χ2v) is 7.94. The summed E-state index contributed by atoms with van der Waals surface area (Å²) in [5, 5.41) is 2.84. The van der Waals surface area contributed by atoms with Gasteiger partial charge in [-0.3, -0.25) is 9.59 Å². The van der Waals surface area contributed by atoms with Gasteiger partial charge in [-0.25, -0.2) is 4.39 Å². The van der Waals surface area contributed by atoms with Crippen molar-refractivity contribution in [2.45, 2.75) is 38.6 Å². The van der Waals surface area contributed by atoms with Gasteiger partial charge in [0.25, 0.3) is 0 Å². The molecular formula is C23H29FN2O3S. The van der Waals surface area contributed by atoms with Crippen LogP contribution in [0.15, 0.2) is 48.5 Å². The van der Waals surface area contributed by atoms with Crippen LogP contribution in [0.25, 0.3) is 0 Å². The van der Waals surface area contributed by atoms with Gasteiger partial charge in [0.2, 0.25) is 11.8 Å². The molecule has 2 amide bonds. The highest BCUT2D eigenvalue weighted by Crippen LogP contribution is 2.18. The molecule has 0 bridgehead atoms. The Kier molecular flexibility index (Phi) is 9.67. The predicted molar refractivity (Wildman–Crippen MR) is 119 cm³/mol. The second kappa shape index (κ2) is 12.2. The molecule has 0 aliphatic heterocycles. The highest BCUT2D eigenvalue weighted by Gasteiger charge is 2.25. The maximum Gasteiger partial charge on any atom is 0.242 e. The number of nitrogens with zero attached hydrogens (tertiary/aromatic N) is 1. The van der Waals surface area contributed by atoms with E-state index in [1.54, 1.807) is 31.1 Å². The number of carbonyl (C=O) groups is 2. The number of halogens is 1. The van der Waals surface area contributed by atoms with Crippen molar-refractivity contribution in [3.63, 3.8) is 0 Å². The molecule has 0 aliphatic rings. The van der Waals surface area contributed by atoms with Crippen LogP contribution in [0, 0.1) is 5.82 Å². The number of methoxy groups -OCH3 is 1. The summed E-state index contributed by atoms with van der Waals surface area (Å²) in [6.45, 7) is 4.51. The zero-order valence-corrected chi connectivity index (χ0v) is 18.5. The molecule has 0 saturated carbocycles. The number of amides is 2. The molecule has 0 saturated heterocycles. The lowest BCUT2D eigenvalue weighted by Crippen LogP contribution is -2.48. The van der Waals surface area contributed by atoms with Crippen LogP contribution in [0.2, 0.25) is 0 Å². The largest absolute Gasteiger partial charge is 0.497 e. The van der Waals surface area contributed by atoms with E-state index in [0.29, 0.717) is 12.3 Å². The Labute approximate surface area is 182 Å². The molecule has 1 atom stereocenters. The topological polar surface area (TPSA) is 58.6 Å². The van der Waals surface area contributed by atoms with E-state index in [2.05, 4.69) is 5.32 Å². The number of benzene rings is 2. The van der Waals surface area contributed by atoms with Crippen molar-refractivity contribution in [3.05, 3.63) is 65.5 Å². The third-order valence-corrected chi connectivity index (χ3v) is 5.62. The van der Waals surface area contributed by atoms with E-state index < -0.39 is 6.04 Å². The minimum atomic E-state index is -0.615. The maximum atomic E-state index is 13.2. The third-order valence-electron chi connectivity index (χ3n) is 4.64. The fourth-order valence-electron chi connectivity index (χ4n) is 2.83. The number of rotatable bonds is 11. The van der Waals surface area contributed by atoms with E-state index in [1.165, 1.54) is 23.9 Å². The van der Waals surface area contributed by atoms with Gasteiger partial charge in [0.1, 0.15) is 17.6 Å². The second-order valence-electron chi connectivity index (χ2n) is 6.96. The third kappa shape index (κ3) is 7.37. The van der Waals surface area contributed by atoms with Crippen LogP contribution in [0.3, 0.4) is 0 Å². The van der Waals surface area contributed by atoms with Gasteiger partial charge in [-0.1, -0.05) is 31.2 Å². The lowest BCUT2D eigenvalue weighted by Gasteiger charge is -2.28. The molecule has 162 valence electrons. The summed E-state index contributed by atoms with van der Waals surface area (Å²) in [7, 11) is 1.62. The predicted octanol–water partition coefficient (Wildman–Crippen LogP) is 4.01. The lowest BCUT2D eigenvalue weighted by atomic mass is 10.1. The van der Waals surface area contributed by atoms with Crippen molar-refractivity contribution < 1.29 is 18.7 Å². The Bertz CT molecular complexity index is 812. The van der Waals surface area contributed by atoms with Crippen LogP contribution in [0.4, 0.5) is 4.39 Å². The number of carbonyl (C=O) groups excluding carboxylic acids is 2. The number of ether oxygens (including phenoxy) is 1. The normalized spacial score (nSPS) is 11.6. The van der Waals surface area contributed by atoms with Gasteiger partial charge in [0, 0.05) is 18.8 Å². The lowest BCUT2D eigenvalue weighted by molar-refractivity contribution is -0.138. The molecule has 7 heteroatoms. The first kappa shape index (κ1) is 23.7. The van der Waals surface area contributed by atoms with Gasteiger partial charge in [0.15, 0.2) is 0 Å². The zero-order chi connectivity index (χ0) is 21.9. The SMILES string of the molecule is CCCNC(=O)C(C)N(Cc1ccc(F)cc1)C(=O)CSCc1ccc(OC)cc1. The summed E-state index contributed by atoms with van der Waals surface area (Å²) in [4.78, 5) is 27.0.